The molecule has 190 valence electrons. The number of aliphatic hydroxyl groups is 2. The Balaban J connectivity index is 1.48. The van der Waals surface area contributed by atoms with E-state index in [2.05, 4.69) is 34.5 Å². The van der Waals surface area contributed by atoms with Gasteiger partial charge in [-0.25, -0.2) is 10.3 Å². The quantitative estimate of drug-likeness (QED) is 0.210. The molecular formula is C23H35N8O4+. The van der Waals surface area contributed by atoms with Crippen molar-refractivity contribution < 1.29 is 24.7 Å². The first-order valence-corrected chi connectivity index (χ1v) is 11.8. The number of amides is 1. The molecule has 1 saturated heterocycles. The number of nitrogens with zero attached hydrogens (tertiary/aromatic N) is 3. The Morgan fingerprint density at radius 1 is 1.37 bits per heavy atom. The van der Waals surface area contributed by atoms with Crippen molar-refractivity contribution in [3.05, 3.63) is 29.3 Å². The highest BCUT2D eigenvalue weighted by Gasteiger charge is 2.76. The van der Waals surface area contributed by atoms with Gasteiger partial charge in [0.1, 0.15) is 17.8 Å². The lowest BCUT2D eigenvalue weighted by atomic mass is 9.79. The molecule has 9 N–H and O–H groups in total. The molecule has 5 rings (SSSR count). The minimum Gasteiger partial charge on any atom is -0.492 e. The molecule has 0 aromatic heterocycles. The molecule has 12 heteroatoms. The maximum atomic E-state index is 13.5. The van der Waals surface area contributed by atoms with Gasteiger partial charge in [-0.2, -0.15) is 0 Å². The van der Waals surface area contributed by atoms with Gasteiger partial charge in [0.25, 0.3) is 11.6 Å². The van der Waals surface area contributed by atoms with Gasteiger partial charge >= 0.3 is 5.96 Å². The molecule has 0 bridgehead atoms. The van der Waals surface area contributed by atoms with Gasteiger partial charge in [0.05, 0.1) is 18.7 Å². The van der Waals surface area contributed by atoms with Crippen molar-refractivity contribution in [2.75, 3.05) is 33.8 Å². The molecule has 35 heavy (non-hydrogen) atoms. The summed E-state index contributed by atoms with van der Waals surface area (Å²) in [4.78, 5) is 24.7. The second-order valence-electron chi connectivity index (χ2n) is 10.8. The number of hydrogen-bond acceptors (Lipinski definition) is 10. The molecule has 1 aromatic carbocycles. The van der Waals surface area contributed by atoms with Gasteiger partial charge in [-0.05, 0) is 32.0 Å². The fourth-order valence-electron chi connectivity index (χ4n) is 5.88. The number of likely N-dealkylation sites (N-methyl/N-ethyl adjacent to an activating group) is 1. The Kier molecular flexibility index (Phi) is 5.20. The summed E-state index contributed by atoms with van der Waals surface area (Å²) in [6, 6.07) is 3.33. The smallest absolute Gasteiger partial charge is 0.343 e. The average Bonchev–Trinajstić information content (AvgIpc) is 3.23. The number of rotatable bonds is 4. The van der Waals surface area contributed by atoms with Crippen molar-refractivity contribution in [3.8, 4) is 5.75 Å². The van der Waals surface area contributed by atoms with E-state index in [9.17, 15) is 15.0 Å². The SMILES string of the molecule is CN(C)C[C@@H]1N=C(N)N2CC(NC(=O)c3cccc4c3OCCC4(C)C)C(O)(O)C23NC(N)=[NH+][C@@H]13. The Bertz CT molecular complexity index is 1120. The van der Waals surface area contributed by atoms with Crippen LogP contribution in [0.15, 0.2) is 23.2 Å². The van der Waals surface area contributed by atoms with Crippen LogP contribution in [-0.4, -0.2) is 101 Å². The van der Waals surface area contributed by atoms with Crippen molar-refractivity contribution in [3.63, 3.8) is 0 Å². The van der Waals surface area contributed by atoms with Crippen LogP contribution in [0.1, 0.15) is 36.2 Å². The van der Waals surface area contributed by atoms with Gasteiger partial charge < -0.3 is 30.9 Å². The first kappa shape index (κ1) is 23.6. The third-order valence-electron chi connectivity index (χ3n) is 7.70. The maximum Gasteiger partial charge on any atom is 0.343 e. The fraction of sp³-hybridized carbons (Fsp3) is 0.609. The van der Waals surface area contributed by atoms with E-state index in [0.29, 0.717) is 24.5 Å². The normalized spacial score (nSPS) is 32.0. The third kappa shape index (κ3) is 3.34. The molecule has 4 atom stereocenters. The summed E-state index contributed by atoms with van der Waals surface area (Å²) >= 11 is 0. The average molecular weight is 488 g/mol. The fourth-order valence-corrected chi connectivity index (χ4v) is 5.88. The van der Waals surface area contributed by atoms with Crippen molar-refractivity contribution >= 4 is 17.8 Å². The number of fused-ring (bicyclic) bond motifs is 1. The third-order valence-corrected chi connectivity index (χ3v) is 7.70. The van der Waals surface area contributed by atoms with Crippen molar-refractivity contribution in [2.45, 2.75) is 55.3 Å². The molecule has 1 spiro atoms. The summed E-state index contributed by atoms with van der Waals surface area (Å²) in [7, 11) is 3.79. The van der Waals surface area contributed by atoms with Crippen LogP contribution in [0.4, 0.5) is 0 Å². The van der Waals surface area contributed by atoms with Crippen LogP contribution in [-0.2, 0) is 5.41 Å². The predicted molar refractivity (Wildman–Crippen MR) is 128 cm³/mol. The van der Waals surface area contributed by atoms with Crippen LogP contribution in [0.5, 0.6) is 5.75 Å². The molecular weight excluding hydrogens is 452 g/mol. The molecule has 1 fully saturated rings. The van der Waals surface area contributed by atoms with Crippen LogP contribution in [0.3, 0.4) is 0 Å². The largest absolute Gasteiger partial charge is 0.492 e. The zero-order chi connectivity index (χ0) is 25.3. The van der Waals surface area contributed by atoms with Gasteiger partial charge in [0, 0.05) is 12.1 Å². The summed E-state index contributed by atoms with van der Waals surface area (Å²) in [5.41, 5.74) is 12.0. The number of nitrogens with two attached hydrogens (primary N) is 2. The second-order valence-corrected chi connectivity index (χ2v) is 10.8. The van der Waals surface area contributed by atoms with Gasteiger partial charge in [0.15, 0.2) is 12.0 Å². The molecule has 0 radical (unpaired) electrons. The van der Waals surface area contributed by atoms with Crippen LogP contribution in [0, 0.1) is 0 Å². The van der Waals surface area contributed by atoms with E-state index < -0.39 is 35.5 Å². The van der Waals surface area contributed by atoms with Crippen LogP contribution >= 0.6 is 0 Å². The number of benzene rings is 1. The first-order valence-electron chi connectivity index (χ1n) is 11.8. The van der Waals surface area contributed by atoms with E-state index in [4.69, 9.17) is 16.2 Å². The summed E-state index contributed by atoms with van der Waals surface area (Å²) in [6.07, 6.45) is 0.840. The van der Waals surface area contributed by atoms with Crippen LogP contribution in [0.25, 0.3) is 0 Å². The molecule has 12 nitrogen and oxygen atoms in total. The molecule has 1 aromatic rings. The number of guanidine groups is 2. The van der Waals surface area contributed by atoms with Crippen LogP contribution < -0.4 is 31.8 Å². The van der Waals surface area contributed by atoms with Gasteiger partial charge in [-0.3, -0.25) is 20.4 Å². The maximum absolute atomic E-state index is 13.5. The van der Waals surface area contributed by atoms with E-state index in [-0.39, 0.29) is 23.9 Å². The Morgan fingerprint density at radius 3 is 2.83 bits per heavy atom. The number of nitrogens with one attached hydrogen (secondary N) is 3. The monoisotopic (exact) mass is 487 g/mol. The minimum atomic E-state index is -2.44. The Morgan fingerprint density at radius 2 is 2.11 bits per heavy atom. The van der Waals surface area contributed by atoms with Crippen molar-refractivity contribution in [1.29, 1.82) is 0 Å². The summed E-state index contributed by atoms with van der Waals surface area (Å²) in [5, 5.41) is 29.0. The summed E-state index contributed by atoms with van der Waals surface area (Å²) in [5.74, 6) is -2.06. The first-order chi connectivity index (χ1) is 16.4. The van der Waals surface area contributed by atoms with Gasteiger partial charge in [-0.1, -0.05) is 26.0 Å². The second kappa shape index (κ2) is 7.70. The van der Waals surface area contributed by atoms with E-state index in [1.165, 1.54) is 0 Å². The topological polar surface area (TPSA) is 176 Å². The number of aliphatic imine (C=N–C) groups is 1. The van der Waals surface area contributed by atoms with E-state index in [0.717, 1.165) is 12.0 Å². The standard InChI is InChI=1S/C23H34N8O4/c1-21(2)8-9-35-16-12(6-5-7-13(16)21)18(32)27-15-11-31-20(25)26-14(10-30(3)4)17-22(31,23(15,33)34)29-19(24)28-17/h5-7,14-15,17,33-34H,8-11H2,1-4H3,(H2,25,26)(H,27,32)(H3,24,28,29)/p+1/t14-,15?,17-,22?/m0/s1. The number of hydrogen-bond donors (Lipinski definition) is 7. The lowest BCUT2D eigenvalue weighted by Crippen LogP contribution is -2.90. The van der Waals surface area contributed by atoms with Crippen LogP contribution in [0.2, 0.25) is 0 Å². The molecule has 4 aliphatic heterocycles. The zero-order valence-electron chi connectivity index (χ0n) is 20.5. The van der Waals surface area contributed by atoms with E-state index in [1.54, 1.807) is 11.0 Å². The summed E-state index contributed by atoms with van der Waals surface area (Å²) < 4.78 is 5.89. The van der Waals surface area contributed by atoms with Gasteiger partial charge in [-0.15, -0.1) is 0 Å². The highest BCUT2D eigenvalue weighted by atomic mass is 16.5. The predicted octanol–water partition coefficient (Wildman–Crippen LogP) is -3.84. The molecule has 2 unspecified atom stereocenters. The number of carbonyl (C=O) groups is 1. The van der Waals surface area contributed by atoms with Crippen molar-refractivity contribution in [1.82, 2.24) is 20.4 Å². The van der Waals surface area contributed by atoms with Crippen molar-refractivity contribution in [2.24, 2.45) is 16.5 Å². The molecule has 1 amide bonds. The molecule has 4 aliphatic rings. The highest BCUT2D eigenvalue weighted by Crippen LogP contribution is 2.43. The zero-order valence-corrected chi connectivity index (χ0v) is 20.5. The van der Waals surface area contributed by atoms with E-state index >= 15 is 0 Å². The highest BCUT2D eigenvalue weighted by molar-refractivity contribution is 5.98. The molecule has 0 saturated carbocycles. The summed E-state index contributed by atoms with van der Waals surface area (Å²) in [6.45, 7) is 5.24. The number of carbonyl (C=O) groups excluding carboxylic acids is 1. The lowest BCUT2D eigenvalue weighted by molar-refractivity contribution is -0.521. The Hall–Kier alpha value is -3.09. The van der Waals surface area contributed by atoms with Gasteiger partial charge in [0.2, 0.25) is 5.79 Å². The lowest BCUT2D eigenvalue weighted by Gasteiger charge is -2.46. The molecule has 0 aliphatic carbocycles. The number of para-hydroxylation sites is 1. The molecule has 4 heterocycles. The number of ether oxygens (including phenoxy) is 1. The Labute approximate surface area is 204 Å². The minimum absolute atomic E-state index is 0.0165. The van der Waals surface area contributed by atoms with E-state index in [1.807, 2.05) is 31.1 Å².